The molecule has 0 radical (unpaired) electrons. The largest absolute Gasteiger partial charge is 0.351 e. The van der Waals surface area contributed by atoms with E-state index in [9.17, 15) is 4.79 Å². The topological polar surface area (TPSA) is 81.6 Å². The molecule has 6 heteroatoms. The van der Waals surface area contributed by atoms with Crippen molar-refractivity contribution in [3.05, 3.63) is 47.1 Å². The first-order chi connectivity index (χ1) is 9.26. The van der Waals surface area contributed by atoms with Crippen molar-refractivity contribution in [3.63, 3.8) is 0 Å². The van der Waals surface area contributed by atoms with Crippen LogP contribution in [0.4, 0.5) is 5.13 Å². The van der Waals surface area contributed by atoms with Crippen LogP contribution in [0.3, 0.4) is 0 Å². The highest BCUT2D eigenvalue weighted by molar-refractivity contribution is 7.16. The summed E-state index contributed by atoms with van der Waals surface area (Å²) >= 11 is 1.14. The number of hydrogen-bond acceptors (Lipinski definition) is 4. The van der Waals surface area contributed by atoms with E-state index in [2.05, 4.69) is 15.3 Å². The van der Waals surface area contributed by atoms with Gasteiger partial charge in [0.05, 0.1) is 6.20 Å². The Hall–Kier alpha value is -2.65. The van der Waals surface area contributed by atoms with E-state index in [1.165, 1.54) is 6.20 Å². The maximum absolute atomic E-state index is 12.0. The van der Waals surface area contributed by atoms with Crippen molar-refractivity contribution in [3.8, 4) is 6.07 Å². The normalized spacial score (nSPS) is 10.3. The standard InChI is InChI=1S/C13H8N4OS/c14-6-9-7-15-13(19-9)17-12(18)11-5-8-3-1-2-4-10(8)16-11/h1-5,7,16H,(H,15,17,18). The fourth-order valence-corrected chi connectivity index (χ4v) is 2.35. The second kappa shape index (κ2) is 4.55. The van der Waals surface area contributed by atoms with Crippen molar-refractivity contribution in [2.75, 3.05) is 5.32 Å². The van der Waals surface area contributed by atoms with Gasteiger partial charge in [-0.2, -0.15) is 5.26 Å². The first kappa shape index (κ1) is 11.4. The second-order valence-corrected chi connectivity index (χ2v) is 4.90. The number of nitrogens with one attached hydrogen (secondary N) is 2. The van der Waals surface area contributed by atoms with E-state index in [0.717, 1.165) is 22.2 Å². The number of anilines is 1. The second-order valence-electron chi connectivity index (χ2n) is 3.87. The molecule has 0 saturated heterocycles. The molecule has 2 heterocycles. The van der Waals surface area contributed by atoms with Gasteiger partial charge < -0.3 is 4.98 Å². The molecule has 0 unspecified atom stereocenters. The minimum Gasteiger partial charge on any atom is -0.351 e. The minimum atomic E-state index is -0.268. The molecule has 0 saturated carbocycles. The Morgan fingerprint density at radius 2 is 2.26 bits per heavy atom. The Kier molecular flexibility index (Phi) is 2.74. The number of benzene rings is 1. The van der Waals surface area contributed by atoms with Gasteiger partial charge in [0.25, 0.3) is 5.91 Å². The fourth-order valence-electron chi connectivity index (χ4n) is 1.74. The predicted octanol–water partition coefficient (Wildman–Crippen LogP) is 2.75. The number of thiazole rings is 1. The Morgan fingerprint density at radius 3 is 3.00 bits per heavy atom. The number of para-hydroxylation sites is 1. The molecule has 0 aliphatic rings. The van der Waals surface area contributed by atoms with Gasteiger partial charge in [-0.25, -0.2) is 4.98 Å². The van der Waals surface area contributed by atoms with Crippen LogP contribution in [0.15, 0.2) is 36.5 Å². The van der Waals surface area contributed by atoms with Crippen LogP contribution in [0.25, 0.3) is 10.9 Å². The van der Waals surface area contributed by atoms with E-state index in [4.69, 9.17) is 5.26 Å². The zero-order valence-electron chi connectivity index (χ0n) is 9.68. The van der Waals surface area contributed by atoms with Crippen LogP contribution in [0.2, 0.25) is 0 Å². The molecule has 19 heavy (non-hydrogen) atoms. The van der Waals surface area contributed by atoms with Gasteiger partial charge in [-0.1, -0.05) is 29.5 Å². The molecule has 0 fully saturated rings. The summed E-state index contributed by atoms with van der Waals surface area (Å²) in [5.74, 6) is -0.268. The summed E-state index contributed by atoms with van der Waals surface area (Å²) in [5.41, 5.74) is 1.37. The Balaban J connectivity index is 1.85. The Labute approximate surface area is 112 Å². The van der Waals surface area contributed by atoms with Gasteiger partial charge in [-0.3, -0.25) is 10.1 Å². The molecule has 0 aliphatic carbocycles. The first-order valence-corrected chi connectivity index (χ1v) is 6.33. The van der Waals surface area contributed by atoms with E-state index in [1.54, 1.807) is 6.07 Å². The highest BCUT2D eigenvalue weighted by Crippen LogP contribution is 2.19. The molecule has 3 aromatic rings. The number of carbonyl (C=O) groups is 1. The number of carbonyl (C=O) groups excluding carboxylic acids is 1. The minimum absolute atomic E-state index is 0.268. The quantitative estimate of drug-likeness (QED) is 0.749. The number of fused-ring (bicyclic) bond motifs is 1. The predicted molar refractivity (Wildman–Crippen MR) is 73.1 cm³/mol. The number of nitriles is 1. The molecule has 92 valence electrons. The van der Waals surface area contributed by atoms with Crippen LogP contribution in [0.5, 0.6) is 0 Å². The first-order valence-electron chi connectivity index (χ1n) is 5.51. The summed E-state index contributed by atoms with van der Waals surface area (Å²) in [4.78, 5) is 19.5. The average Bonchev–Trinajstić information content (AvgIpc) is 3.04. The molecule has 1 aromatic carbocycles. The summed E-state index contributed by atoms with van der Waals surface area (Å²) in [6.07, 6.45) is 1.44. The van der Waals surface area contributed by atoms with Gasteiger partial charge in [0.1, 0.15) is 16.6 Å². The van der Waals surface area contributed by atoms with Crippen molar-refractivity contribution < 1.29 is 4.79 Å². The summed E-state index contributed by atoms with van der Waals surface area (Å²) in [7, 11) is 0. The molecular weight excluding hydrogens is 260 g/mol. The van der Waals surface area contributed by atoms with Crippen LogP contribution in [-0.4, -0.2) is 15.9 Å². The number of amides is 1. The van der Waals surface area contributed by atoms with Gasteiger partial charge in [0, 0.05) is 10.9 Å². The number of rotatable bonds is 2. The maximum atomic E-state index is 12.0. The van der Waals surface area contributed by atoms with Crippen molar-refractivity contribution >= 4 is 33.3 Å². The highest BCUT2D eigenvalue weighted by Gasteiger charge is 2.11. The number of aromatic amines is 1. The summed E-state index contributed by atoms with van der Waals surface area (Å²) in [6, 6.07) is 11.4. The van der Waals surface area contributed by atoms with Crippen molar-refractivity contribution in [2.45, 2.75) is 0 Å². The Bertz CT molecular complexity index is 763. The third-order valence-electron chi connectivity index (χ3n) is 2.61. The summed E-state index contributed by atoms with van der Waals surface area (Å²) < 4.78 is 0. The number of hydrogen-bond donors (Lipinski definition) is 2. The van der Waals surface area contributed by atoms with Crippen LogP contribution >= 0.6 is 11.3 Å². The molecular formula is C13H8N4OS. The molecule has 0 atom stereocenters. The number of aromatic nitrogens is 2. The molecule has 0 aliphatic heterocycles. The molecule has 0 bridgehead atoms. The van der Waals surface area contributed by atoms with Gasteiger partial charge in [-0.15, -0.1) is 0 Å². The lowest BCUT2D eigenvalue weighted by molar-refractivity contribution is 0.102. The van der Waals surface area contributed by atoms with Crippen LogP contribution in [-0.2, 0) is 0 Å². The van der Waals surface area contributed by atoms with E-state index < -0.39 is 0 Å². The van der Waals surface area contributed by atoms with Crippen molar-refractivity contribution in [1.29, 1.82) is 5.26 Å². The van der Waals surface area contributed by atoms with Crippen LogP contribution in [0, 0.1) is 11.3 Å². The van der Waals surface area contributed by atoms with E-state index in [1.807, 2.05) is 30.3 Å². The molecule has 0 spiro atoms. The fraction of sp³-hybridized carbons (Fsp3) is 0. The van der Waals surface area contributed by atoms with Crippen LogP contribution < -0.4 is 5.32 Å². The average molecular weight is 268 g/mol. The summed E-state index contributed by atoms with van der Waals surface area (Å²) in [6.45, 7) is 0. The number of H-pyrrole nitrogens is 1. The van der Waals surface area contributed by atoms with Gasteiger partial charge in [0.2, 0.25) is 0 Å². The third kappa shape index (κ3) is 2.19. The molecule has 2 aromatic heterocycles. The smallest absolute Gasteiger partial charge is 0.273 e. The SMILES string of the molecule is N#Cc1cnc(NC(=O)c2cc3ccccc3[nH]2)s1. The number of nitrogens with zero attached hydrogens (tertiary/aromatic N) is 2. The zero-order valence-corrected chi connectivity index (χ0v) is 10.5. The van der Waals surface area contributed by atoms with Crippen molar-refractivity contribution in [1.82, 2.24) is 9.97 Å². The monoisotopic (exact) mass is 268 g/mol. The maximum Gasteiger partial charge on any atom is 0.273 e. The molecule has 5 nitrogen and oxygen atoms in total. The molecule has 1 amide bonds. The lowest BCUT2D eigenvalue weighted by Gasteiger charge is -1.97. The van der Waals surface area contributed by atoms with E-state index in [-0.39, 0.29) is 5.91 Å². The molecule has 2 N–H and O–H groups in total. The highest BCUT2D eigenvalue weighted by atomic mass is 32.1. The van der Waals surface area contributed by atoms with E-state index >= 15 is 0 Å². The lowest BCUT2D eigenvalue weighted by Crippen LogP contribution is -2.11. The van der Waals surface area contributed by atoms with Gasteiger partial charge in [0.15, 0.2) is 5.13 Å². The van der Waals surface area contributed by atoms with Crippen LogP contribution in [0.1, 0.15) is 15.4 Å². The molecule has 3 rings (SSSR count). The van der Waals surface area contributed by atoms with Crippen molar-refractivity contribution in [2.24, 2.45) is 0 Å². The third-order valence-corrected chi connectivity index (χ3v) is 3.43. The zero-order chi connectivity index (χ0) is 13.2. The Morgan fingerprint density at radius 1 is 1.42 bits per heavy atom. The van der Waals surface area contributed by atoms with E-state index in [0.29, 0.717) is 15.7 Å². The van der Waals surface area contributed by atoms with Gasteiger partial charge >= 0.3 is 0 Å². The van der Waals surface area contributed by atoms with Gasteiger partial charge in [-0.05, 0) is 12.1 Å². The summed E-state index contributed by atoms with van der Waals surface area (Å²) in [5, 5.41) is 12.8. The lowest BCUT2D eigenvalue weighted by atomic mass is 10.2.